The summed E-state index contributed by atoms with van der Waals surface area (Å²) in [6.45, 7) is 1.53. The van der Waals surface area contributed by atoms with E-state index >= 15 is 0 Å². The van der Waals surface area contributed by atoms with Crippen molar-refractivity contribution in [1.82, 2.24) is 25.7 Å². The lowest BCUT2D eigenvalue weighted by molar-refractivity contribution is 0.678. The zero-order chi connectivity index (χ0) is 12.9. The van der Waals surface area contributed by atoms with Crippen molar-refractivity contribution in [2.75, 3.05) is 0 Å². The molecule has 0 saturated heterocycles. The molecular weight excluding hydrogens is 238 g/mol. The molecule has 0 unspecified atom stereocenters. The van der Waals surface area contributed by atoms with Crippen LogP contribution >= 0.6 is 0 Å². The van der Waals surface area contributed by atoms with Gasteiger partial charge in [0.05, 0.1) is 11.9 Å². The fourth-order valence-corrected chi connectivity index (χ4v) is 2.01. The molecule has 0 aliphatic rings. The standard InChI is InChI=1S/C14H15N5/c1-2-4-11(5-3-1)14-12(9-17-19-14)8-15-10-13-6-7-16-18-13/h1-7,9,15H,8,10H2,(H,16,18)(H,17,19). The van der Waals surface area contributed by atoms with Crippen LogP contribution in [-0.2, 0) is 13.1 Å². The van der Waals surface area contributed by atoms with Crippen molar-refractivity contribution >= 4 is 0 Å². The van der Waals surface area contributed by atoms with Crippen LogP contribution in [-0.4, -0.2) is 20.4 Å². The van der Waals surface area contributed by atoms with E-state index in [1.54, 1.807) is 6.20 Å². The lowest BCUT2D eigenvalue weighted by Crippen LogP contribution is -2.13. The molecule has 1 aromatic carbocycles. The van der Waals surface area contributed by atoms with E-state index in [1.807, 2.05) is 30.5 Å². The Kier molecular flexibility index (Phi) is 3.38. The molecule has 0 saturated carbocycles. The number of rotatable bonds is 5. The van der Waals surface area contributed by atoms with Crippen molar-refractivity contribution in [1.29, 1.82) is 0 Å². The van der Waals surface area contributed by atoms with Gasteiger partial charge in [-0.25, -0.2) is 0 Å². The molecule has 0 aliphatic carbocycles. The van der Waals surface area contributed by atoms with E-state index in [9.17, 15) is 0 Å². The van der Waals surface area contributed by atoms with Gasteiger partial charge in [-0.15, -0.1) is 0 Å². The van der Waals surface area contributed by atoms with Crippen molar-refractivity contribution in [2.24, 2.45) is 0 Å². The first-order chi connectivity index (χ1) is 9.43. The van der Waals surface area contributed by atoms with Crippen LogP contribution in [0.3, 0.4) is 0 Å². The molecule has 0 amide bonds. The summed E-state index contributed by atoms with van der Waals surface area (Å²) in [5.74, 6) is 0. The first-order valence-corrected chi connectivity index (χ1v) is 6.20. The number of H-pyrrole nitrogens is 2. The van der Waals surface area contributed by atoms with Crippen LogP contribution in [0.15, 0.2) is 48.8 Å². The summed E-state index contributed by atoms with van der Waals surface area (Å²) in [5, 5.41) is 17.4. The molecule has 3 N–H and O–H groups in total. The second kappa shape index (κ2) is 5.49. The molecule has 2 aromatic heterocycles. The van der Waals surface area contributed by atoms with Crippen molar-refractivity contribution in [2.45, 2.75) is 13.1 Å². The van der Waals surface area contributed by atoms with Gasteiger partial charge in [-0.1, -0.05) is 30.3 Å². The summed E-state index contributed by atoms with van der Waals surface area (Å²) >= 11 is 0. The van der Waals surface area contributed by atoms with Gasteiger partial charge in [0.2, 0.25) is 0 Å². The normalized spacial score (nSPS) is 10.7. The van der Waals surface area contributed by atoms with Crippen LogP contribution in [0.2, 0.25) is 0 Å². The zero-order valence-electron chi connectivity index (χ0n) is 10.4. The Morgan fingerprint density at radius 1 is 0.947 bits per heavy atom. The lowest BCUT2D eigenvalue weighted by Gasteiger charge is -2.04. The van der Waals surface area contributed by atoms with Gasteiger partial charge >= 0.3 is 0 Å². The van der Waals surface area contributed by atoms with Crippen LogP contribution in [0.4, 0.5) is 0 Å². The minimum absolute atomic E-state index is 0.763. The van der Waals surface area contributed by atoms with Gasteiger partial charge in [0.25, 0.3) is 0 Å². The van der Waals surface area contributed by atoms with Gasteiger partial charge in [-0.3, -0.25) is 10.2 Å². The smallest absolute Gasteiger partial charge is 0.0695 e. The van der Waals surface area contributed by atoms with Gasteiger partial charge in [0.1, 0.15) is 0 Å². The summed E-state index contributed by atoms with van der Waals surface area (Å²) in [6.07, 6.45) is 3.62. The highest BCUT2D eigenvalue weighted by Crippen LogP contribution is 2.20. The minimum atomic E-state index is 0.763. The third kappa shape index (κ3) is 2.71. The first kappa shape index (κ1) is 11.7. The first-order valence-electron chi connectivity index (χ1n) is 6.20. The van der Waals surface area contributed by atoms with Gasteiger partial charge in [-0.05, 0) is 11.6 Å². The maximum Gasteiger partial charge on any atom is 0.0695 e. The van der Waals surface area contributed by atoms with Gasteiger partial charge in [0, 0.05) is 30.5 Å². The Balaban J connectivity index is 1.67. The zero-order valence-corrected chi connectivity index (χ0v) is 10.4. The van der Waals surface area contributed by atoms with E-state index in [0.29, 0.717) is 0 Å². The topological polar surface area (TPSA) is 69.4 Å². The van der Waals surface area contributed by atoms with Crippen molar-refractivity contribution < 1.29 is 0 Å². The summed E-state index contributed by atoms with van der Waals surface area (Å²) in [6, 6.07) is 12.2. The molecule has 19 heavy (non-hydrogen) atoms. The van der Waals surface area contributed by atoms with Crippen LogP contribution in [0.1, 0.15) is 11.3 Å². The fourth-order valence-electron chi connectivity index (χ4n) is 2.01. The predicted molar refractivity (Wildman–Crippen MR) is 73.2 cm³/mol. The van der Waals surface area contributed by atoms with Crippen LogP contribution in [0.25, 0.3) is 11.3 Å². The highest BCUT2D eigenvalue weighted by Gasteiger charge is 2.06. The Labute approximate surface area is 111 Å². The maximum absolute atomic E-state index is 4.13. The third-order valence-corrected chi connectivity index (χ3v) is 2.97. The lowest BCUT2D eigenvalue weighted by atomic mass is 10.1. The molecule has 0 spiro atoms. The molecular formula is C14H15N5. The summed E-state index contributed by atoms with van der Waals surface area (Å²) in [7, 11) is 0. The van der Waals surface area contributed by atoms with E-state index in [1.165, 1.54) is 0 Å². The third-order valence-electron chi connectivity index (χ3n) is 2.97. The van der Waals surface area contributed by atoms with Crippen LogP contribution < -0.4 is 5.32 Å². The second-order valence-corrected chi connectivity index (χ2v) is 4.32. The molecule has 0 fully saturated rings. The number of hydrogen-bond acceptors (Lipinski definition) is 3. The molecule has 5 nitrogen and oxygen atoms in total. The Morgan fingerprint density at radius 3 is 2.63 bits per heavy atom. The molecule has 0 radical (unpaired) electrons. The number of aromatic nitrogens is 4. The molecule has 3 rings (SSSR count). The monoisotopic (exact) mass is 253 g/mol. The SMILES string of the molecule is c1ccc(-c2[nH]ncc2CNCc2ccn[nH]2)cc1. The summed E-state index contributed by atoms with van der Waals surface area (Å²) in [4.78, 5) is 0. The Hall–Kier alpha value is -2.40. The van der Waals surface area contributed by atoms with Crippen molar-refractivity contribution in [3.63, 3.8) is 0 Å². The molecule has 0 bridgehead atoms. The van der Waals surface area contributed by atoms with Crippen LogP contribution in [0.5, 0.6) is 0 Å². The Bertz CT molecular complexity index is 612. The number of benzene rings is 1. The average molecular weight is 253 g/mol. The molecule has 3 aromatic rings. The van der Waals surface area contributed by atoms with E-state index in [0.717, 1.165) is 35.6 Å². The van der Waals surface area contributed by atoms with E-state index in [2.05, 4.69) is 37.8 Å². The number of nitrogens with one attached hydrogen (secondary N) is 3. The van der Waals surface area contributed by atoms with E-state index in [4.69, 9.17) is 0 Å². The number of nitrogens with zero attached hydrogens (tertiary/aromatic N) is 2. The minimum Gasteiger partial charge on any atom is -0.307 e. The van der Waals surface area contributed by atoms with Gasteiger partial charge in [-0.2, -0.15) is 10.2 Å². The number of hydrogen-bond donors (Lipinski definition) is 3. The predicted octanol–water partition coefficient (Wildman–Crippen LogP) is 2.09. The quantitative estimate of drug-likeness (QED) is 0.652. The van der Waals surface area contributed by atoms with Crippen molar-refractivity contribution in [3.8, 4) is 11.3 Å². The Morgan fingerprint density at radius 2 is 1.84 bits per heavy atom. The van der Waals surface area contributed by atoms with Crippen molar-refractivity contribution in [3.05, 3.63) is 60.0 Å². The molecule has 96 valence electrons. The molecule has 0 atom stereocenters. The summed E-state index contributed by atoms with van der Waals surface area (Å²) < 4.78 is 0. The average Bonchev–Trinajstić information content (AvgIpc) is 3.11. The molecule has 2 heterocycles. The fraction of sp³-hybridized carbons (Fsp3) is 0.143. The van der Waals surface area contributed by atoms with E-state index in [-0.39, 0.29) is 0 Å². The molecule has 0 aliphatic heterocycles. The van der Waals surface area contributed by atoms with Gasteiger partial charge in [0.15, 0.2) is 0 Å². The highest BCUT2D eigenvalue weighted by molar-refractivity contribution is 5.62. The maximum atomic E-state index is 4.13. The van der Waals surface area contributed by atoms with Gasteiger partial charge < -0.3 is 5.32 Å². The highest BCUT2D eigenvalue weighted by atomic mass is 15.1. The van der Waals surface area contributed by atoms with Crippen LogP contribution in [0, 0.1) is 0 Å². The summed E-state index contributed by atoms with van der Waals surface area (Å²) in [5.41, 5.74) is 4.45. The second-order valence-electron chi connectivity index (χ2n) is 4.32. The van der Waals surface area contributed by atoms with E-state index < -0.39 is 0 Å². The molecule has 5 heteroatoms. The largest absolute Gasteiger partial charge is 0.307 e. The number of aromatic amines is 2.